The summed E-state index contributed by atoms with van der Waals surface area (Å²) in [6.45, 7) is 15.7. The van der Waals surface area contributed by atoms with Crippen LogP contribution in [0.2, 0.25) is 24.7 Å². The van der Waals surface area contributed by atoms with Crippen LogP contribution in [0.15, 0.2) is 24.3 Å². The maximum atomic E-state index is 6.53. The number of unbranched alkanes of at least 4 members (excludes halogenated alkanes) is 3. The Kier molecular flexibility index (Phi) is 10.8. The standard InChI is InChI=1S/C14H19BClO2.3C4H9.Sn/c1-13(2)14(3,4)18-15(17-13)10-9-11-5-7-12(16)8-6-11;3*1-3-4-2;/h5-9H,10H2,1-4H3;3*1,3-4H2,2H3;. The van der Waals surface area contributed by atoms with Crippen molar-refractivity contribution in [3.8, 4) is 0 Å². The van der Waals surface area contributed by atoms with Crippen LogP contribution >= 0.6 is 11.6 Å². The van der Waals surface area contributed by atoms with E-state index in [1.807, 2.05) is 0 Å². The predicted molar refractivity (Wildman–Crippen MR) is 140 cm³/mol. The third-order valence-corrected chi connectivity index (χ3v) is 25.5. The number of hydrogen-bond acceptors (Lipinski definition) is 2. The molecule has 0 radical (unpaired) electrons. The van der Waals surface area contributed by atoms with Crippen molar-refractivity contribution < 1.29 is 9.31 Å². The molecule has 1 fully saturated rings. The van der Waals surface area contributed by atoms with Gasteiger partial charge in [-0.15, -0.1) is 0 Å². The first-order chi connectivity index (χ1) is 14.6. The SMILES string of the molecule is CCC[CH2][Sn]([CH2]CCC)([CH2]CCC)[C@H](CB1OC(C)(C)C(C)(C)O1)c1ccc(Cl)cc1. The van der Waals surface area contributed by atoms with E-state index in [-0.39, 0.29) is 18.3 Å². The number of hydrogen-bond donors (Lipinski definition) is 0. The second-order valence-corrected chi connectivity index (χ2v) is 25.2. The van der Waals surface area contributed by atoms with Crippen LogP contribution in [0.3, 0.4) is 0 Å². The molecule has 2 rings (SSSR count). The molecule has 176 valence electrons. The van der Waals surface area contributed by atoms with Gasteiger partial charge in [0, 0.05) is 0 Å². The second kappa shape index (κ2) is 12.1. The average molecular weight is 556 g/mol. The van der Waals surface area contributed by atoms with Crippen molar-refractivity contribution in [2.45, 2.75) is 122 Å². The molecule has 1 aliphatic heterocycles. The van der Waals surface area contributed by atoms with Gasteiger partial charge < -0.3 is 0 Å². The first kappa shape index (κ1) is 27.5. The van der Waals surface area contributed by atoms with Gasteiger partial charge in [0.15, 0.2) is 0 Å². The average Bonchev–Trinajstić information content (AvgIpc) is 2.93. The fraction of sp³-hybridized carbons (Fsp3) is 0.769. The number of benzene rings is 1. The van der Waals surface area contributed by atoms with Crippen LogP contribution in [0.1, 0.15) is 96.5 Å². The van der Waals surface area contributed by atoms with E-state index in [0.717, 1.165) is 11.3 Å². The van der Waals surface area contributed by atoms with Crippen molar-refractivity contribution in [2.24, 2.45) is 0 Å². The molecule has 0 aromatic heterocycles. The van der Waals surface area contributed by atoms with Crippen LogP contribution in [-0.4, -0.2) is 36.7 Å². The van der Waals surface area contributed by atoms with E-state index in [2.05, 4.69) is 72.7 Å². The van der Waals surface area contributed by atoms with Crippen molar-refractivity contribution in [2.75, 3.05) is 0 Å². The molecule has 0 amide bonds. The van der Waals surface area contributed by atoms with Crippen LogP contribution in [0.4, 0.5) is 0 Å². The molecule has 1 heterocycles. The molecular weight excluding hydrogens is 509 g/mol. The van der Waals surface area contributed by atoms with Crippen LogP contribution in [0.5, 0.6) is 0 Å². The Morgan fingerprint density at radius 1 is 0.806 bits per heavy atom. The van der Waals surface area contributed by atoms with Crippen molar-refractivity contribution in [1.29, 1.82) is 0 Å². The Morgan fingerprint density at radius 2 is 1.23 bits per heavy atom. The van der Waals surface area contributed by atoms with Crippen molar-refractivity contribution in [3.63, 3.8) is 0 Å². The molecule has 31 heavy (non-hydrogen) atoms. The maximum absolute atomic E-state index is 6.53. The fourth-order valence-corrected chi connectivity index (χ4v) is 24.0. The summed E-state index contributed by atoms with van der Waals surface area (Å²) in [6, 6.07) is 8.77. The monoisotopic (exact) mass is 556 g/mol. The molecule has 1 atom stereocenters. The summed E-state index contributed by atoms with van der Waals surface area (Å²) >= 11 is 3.72. The summed E-state index contributed by atoms with van der Waals surface area (Å²) in [4.78, 5) is 0. The fourth-order valence-electron chi connectivity index (χ4n) is 5.17. The molecule has 0 aliphatic carbocycles. The molecule has 0 saturated carbocycles. The molecule has 1 aromatic rings. The van der Waals surface area contributed by atoms with Gasteiger partial charge in [-0.2, -0.15) is 0 Å². The van der Waals surface area contributed by atoms with E-state index < -0.39 is 18.4 Å². The number of halogens is 1. The molecule has 0 N–H and O–H groups in total. The molecule has 5 heteroatoms. The predicted octanol–water partition coefficient (Wildman–Crippen LogP) is 8.90. The molecule has 0 spiro atoms. The van der Waals surface area contributed by atoms with Crippen LogP contribution in [0, 0.1) is 0 Å². The van der Waals surface area contributed by atoms with Gasteiger partial charge in [0.25, 0.3) is 0 Å². The van der Waals surface area contributed by atoms with E-state index in [1.165, 1.54) is 57.4 Å². The molecule has 2 nitrogen and oxygen atoms in total. The molecule has 1 saturated heterocycles. The van der Waals surface area contributed by atoms with Gasteiger partial charge in [0.1, 0.15) is 0 Å². The van der Waals surface area contributed by atoms with Gasteiger partial charge in [-0.25, -0.2) is 0 Å². The molecule has 0 unspecified atom stereocenters. The van der Waals surface area contributed by atoms with E-state index in [4.69, 9.17) is 20.9 Å². The van der Waals surface area contributed by atoms with E-state index in [0.29, 0.717) is 3.93 Å². The first-order valence-electron chi connectivity index (χ1n) is 12.7. The summed E-state index contributed by atoms with van der Waals surface area (Å²) in [5, 5.41) is 0.828. The van der Waals surface area contributed by atoms with E-state index >= 15 is 0 Å². The van der Waals surface area contributed by atoms with E-state index in [1.54, 1.807) is 0 Å². The van der Waals surface area contributed by atoms with Crippen LogP contribution in [0.25, 0.3) is 0 Å². The van der Waals surface area contributed by atoms with Crippen LogP contribution < -0.4 is 0 Å². The Bertz CT molecular complexity index is 624. The summed E-state index contributed by atoms with van der Waals surface area (Å²) in [5.74, 6) is 0. The van der Waals surface area contributed by atoms with Crippen molar-refractivity contribution >= 4 is 37.1 Å². The summed E-state index contributed by atoms with van der Waals surface area (Å²) < 4.78 is 18.1. The van der Waals surface area contributed by atoms with E-state index in [9.17, 15) is 0 Å². The topological polar surface area (TPSA) is 18.5 Å². The van der Waals surface area contributed by atoms with Crippen molar-refractivity contribution in [1.82, 2.24) is 0 Å². The van der Waals surface area contributed by atoms with Gasteiger partial charge in [0.05, 0.1) is 0 Å². The van der Waals surface area contributed by atoms with Gasteiger partial charge in [-0.1, -0.05) is 0 Å². The zero-order chi connectivity index (χ0) is 23.1. The summed E-state index contributed by atoms with van der Waals surface area (Å²) in [7, 11) is -0.119. The quantitative estimate of drug-likeness (QED) is 0.226. The second-order valence-electron chi connectivity index (χ2n) is 10.7. The summed E-state index contributed by atoms with van der Waals surface area (Å²) in [5.41, 5.74) is 0.950. The summed E-state index contributed by atoms with van der Waals surface area (Å²) in [6.07, 6.45) is 8.99. The van der Waals surface area contributed by atoms with Crippen molar-refractivity contribution in [3.05, 3.63) is 34.9 Å². The number of rotatable bonds is 13. The molecule has 0 bridgehead atoms. The Balaban J connectivity index is 2.46. The minimum atomic E-state index is -2.58. The Hall–Kier alpha value is 0.294. The third kappa shape index (κ3) is 7.14. The Morgan fingerprint density at radius 3 is 1.61 bits per heavy atom. The third-order valence-electron chi connectivity index (χ3n) is 7.83. The van der Waals surface area contributed by atoms with Gasteiger partial charge in [0.2, 0.25) is 0 Å². The minimum absolute atomic E-state index is 0.119. The first-order valence-corrected chi connectivity index (χ1v) is 20.8. The molecule has 1 aliphatic rings. The zero-order valence-electron chi connectivity index (χ0n) is 21.2. The zero-order valence-corrected chi connectivity index (χ0v) is 24.8. The van der Waals surface area contributed by atoms with Gasteiger partial charge >= 0.3 is 203 Å². The van der Waals surface area contributed by atoms with Crippen LogP contribution in [-0.2, 0) is 9.31 Å². The van der Waals surface area contributed by atoms with Gasteiger partial charge in [-0.05, 0) is 0 Å². The molecular formula is C26H46BClO2Sn. The Labute approximate surface area is 202 Å². The molecule has 1 aromatic carbocycles. The normalized spacial score (nSPS) is 19.0. The van der Waals surface area contributed by atoms with Gasteiger partial charge in [-0.3, -0.25) is 0 Å².